The Hall–Kier alpha value is -3.40. The van der Waals surface area contributed by atoms with Crippen molar-refractivity contribution in [2.75, 3.05) is 5.32 Å². The lowest BCUT2D eigenvalue weighted by Crippen LogP contribution is -2.20. The van der Waals surface area contributed by atoms with Gasteiger partial charge in [0.1, 0.15) is 12.4 Å². The van der Waals surface area contributed by atoms with Gasteiger partial charge in [0, 0.05) is 12.1 Å². The quantitative estimate of drug-likeness (QED) is 0.570. The van der Waals surface area contributed by atoms with E-state index >= 15 is 0 Å². The van der Waals surface area contributed by atoms with E-state index in [1.54, 1.807) is 0 Å². The summed E-state index contributed by atoms with van der Waals surface area (Å²) in [4.78, 5) is 17.4. The maximum absolute atomic E-state index is 12.7. The van der Waals surface area contributed by atoms with Crippen LogP contribution in [0.25, 0.3) is 11.0 Å². The number of nitrogens with one attached hydrogen (secondary N) is 1. The van der Waals surface area contributed by atoms with Crippen molar-refractivity contribution in [2.45, 2.75) is 19.9 Å². The van der Waals surface area contributed by atoms with Crippen LogP contribution in [-0.4, -0.2) is 15.5 Å². The van der Waals surface area contributed by atoms with E-state index in [0.717, 1.165) is 22.5 Å². The van der Waals surface area contributed by atoms with Crippen LogP contribution in [0.3, 0.4) is 0 Å². The van der Waals surface area contributed by atoms with Crippen molar-refractivity contribution in [3.63, 3.8) is 0 Å². The topological polar surface area (TPSA) is 46.9 Å². The van der Waals surface area contributed by atoms with Gasteiger partial charge in [-0.2, -0.15) is 0 Å². The van der Waals surface area contributed by atoms with Crippen LogP contribution in [0.1, 0.15) is 17.0 Å². The van der Waals surface area contributed by atoms with Gasteiger partial charge in [-0.3, -0.25) is 4.79 Å². The van der Waals surface area contributed by atoms with E-state index in [4.69, 9.17) is 4.98 Å². The van der Waals surface area contributed by atoms with E-state index in [2.05, 4.69) is 17.4 Å². The van der Waals surface area contributed by atoms with Crippen molar-refractivity contribution in [1.29, 1.82) is 0 Å². The number of fused-ring (bicyclic) bond motifs is 1. The highest BCUT2D eigenvalue weighted by Gasteiger charge is 2.14. The molecule has 0 aliphatic heterocycles. The normalized spacial score (nSPS) is 10.9. The first kappa shape index (κ1) is 17.0. The molecule has 4 nitrogen and oxygen atoms in total. The molecular weight excluding hydrogens is 334 g/mol. The Balaban J connectivity index is 1.62. The minimum Gasteiger partial charge on any atom is -0.325 e. The zero-order valence-electron chi connectivity index (χ0n) is 15.2. The van der Waals surface area contributed by atoms with Crippen molar-refractivity contribution < 1.29 is 4.79 Å². The Labute approximate surface area is 158 Å². The Morgan fingerprint density at radius 3 is 2.41 bits per heavy atom. The fourth-order valence-electron chi connectivity index (χ4n) is 3.20. The van der Waals surface area contributed by atoms with Gasteiger partial charge in [-0.25, -0.2) is 4.98 Å². The Bertz CT molecular complexity index is 1070. The first-order valence-corrected chi connectivity index (χ1v) is 9.03. The molecule has 1 heterocycles. The molecule has 1 aromatic heterocycles. The first-order valence-electron chi connectivity index (χ1n) is 9.03. The number of imidazole rings is 1. The molecule has 0 aliphatic carbocycles. The third-order valence-corrected chi connectivity index (χ3v) is 4.58. The molecular formula is C23H21N3O. The molecule has 0 atom stereocenters. The van der Waals surface area contributed by atoms with Crippen molar-refractivity contribution >= 4 is 22.6 Å². The highest BCUT2D eigenvalue weighted by atomic mass is 16.1. The van der Waals surface area contributed by atoms with Gasteiger partial charge in [0.15, 0.2) is 0 Å². The van der Waals surface area contributed by atoms with E-state index in [1.807, 2.05) is 78.2 Å². The van der Waals surface area contributed by atoms with Crippen LogP contribution < -0.4 is 5.32 Å². The molecule has 3 aromatic carbocycles. The number of nitrogens with zero attached hydrogens (tertiary/aromatic N) is 2. The van der Waals surface area contributed by atoms with E-state index < -0.39 is 0 Å². The van der Waals surface area contributed by atoms with Crippen LogP contribution in [0.2, 0.25) is 0 Å². The number of rotatable bonds is 5. The molecule has 134 valence electrons. The lowest BCUT2D eigenvalue weighted by atomic mass is 10.1. The summed E-state index contributed by atoms with van der Waals surface area (Å²) in [5, 5.41) is 2.98. The number of amides is 1. The predicted molar refractivity (Wildman–Crippen MR) is 109 cm³/mol. The van der Waals surface area contributed by atoms with Gasteiger partial charge in [0.2, 0.25) is 5.91 Å². The third kappa shape index (κ3) is 3.90. The second-order valence-electron chi connectivity index (χ2n) is 6.68. The number of carbonyl (C=O) groups is 1. The van der Waals surface area contributed by atoms with Crippen LogP contribution in [0.5, 0.6) is 0 Å². The maximum atomic E-state index is 12.7. The second kappa shape index (κ2) is 7.46. The molecule has 0 radical (unpaired) electrons. The summed E-state index contributed by atoms with van der Waals surface area (Å²) in [5.41, 5.74) is 5.03. The molecule has 0 spiro atoms. The first-order chi connectivity index (χ1) is 13.2. The molecule has 4 rings (SSSR count). The average Bonchev–Trinajstić information content (AvgIpc) is 3.01. The van der Waals surface area contributed by atoms with E-state index in [1.165, 1.54) is 11.1 Å². The summed E-state index contributed by atoms with van der Waals surface area (Å²) in [6, 6.07) is 26.0. The number of anilines is 1. The zero-order valence-corrected chi connectivity index (χ0v) is 15.2. The van der Waals surface area contributed by atoms with Crippen LogP contribution in [0.4, 0.5) is 5.69 Å². The smallest absolute Gasteiger partial charge is 0.244 e. The number of aryl methyl sites for hydroxylation is 1. The molecule has 0 fully saturated rings. The van der Waals surface area contributed by atoms with Crippen molar-refractivity contribution in [1.82, 2.24) is 9.55 Å². The number of para-hydroxylation sites is 2. The Morgan fingerprint density at radius 2 is 1.63 bits per heavy atom. The Morgan fingerprint density at radius 1 is 0.926 bits per heavy atom. The number of aromatic nitrogens is 2. The molecule has 1 amide bonds. The maximum Gasteiger partial charge on any atom is 0.244 e. The molecule has 0 bridgehead atoms. The molecule has 1 N–H and O–H groups in total. The van der Waals surface area contributed by atoms with Crippen LogP contribution in [-0.2, 0) is 17.8 Å². The predicted octanol–water partition coefficient (Wildman–Crippen LogP) is 4.57. The average molecular weight is 355 g/mol. The van der Waals surface area contributed by atoms with Gasteiger partial charge in [-0.1, -0.05) is 60.2 Å². The minimum atomic E-state index is -0.0590. The summed E-state index contributed by atoms with van der Waals surface area (Å²) < 4.78 is 2.01. The van der Waals surface area contributed by atoms with Crippen molar-refractivity contribution in [3.8, 4) is 0 Å². The zero-order chi connectivity index (χ0) is 18.6. The van der Waals surface area contributed by atoms with Gasteiger partial charge >= 0.3 is 0 Å². The number of carbonyl (C=O) groups excluding carboxylic acids is 1. The molecule has 0 saturated heterocycles. The fourth-order valence-corrected chi connectivity index (χ4v) is 3.20. The summed E-state index contributed by atoms with van der Waals surface area (Å²) in [5.74, 6) is 0.831. The highest BCUT2D eigenvalue weighted by molar-refractivity contribution is 5.91. The van der Waals surface area contributed by atoms with Crippen LogP contribution in [0, 0.1) is 6.92 Å². The van der Waals surface area contributed by atoms with Gasteiger partial charge < -0.3 is 9.88 Å². The lowest BCUT2D eigenvalue weighted by Gasteiger charge is -2.10. The highest BCUT2D eigenvalue weighted by Crippen LogP contribution is 2.19. The monoisotopic (exact) mass is 355 g/mol. The largest absolute Gasteiger partial charge is 0.325 e. The summed E-state index contributed by atoms with van der Waals surface area (Å²) in [6.45, 7) is 2.26. The fraction of sp³-hybridized carbons (Fsp3) is 0.130. The van der Waals surface area contributed by atoms with Crippen LogP contribution in [0.15, 0.2) is 78.9 Å². The van der Waals surface area contributed by atoms with Gasteiger partial charge in [-0.05, 0) is 36.8 Å². The molecule has 4 aromatic rings. The van der Waals surface area contributed by atoms with Crippen LogP contribution >= 0.6 is 0 Å². The number of hydrogen-bond donors (Lipinski definition) is 1. The molecule has 0 unspecified atom stereocenters. The van der Waals surface area contributed by atoms with E-state index in [9.17, 15) is 4.79 Å². The molecule has 4 heteroatoms. The summed E-state index contributed by atoms with van der Waals surface area (Å²) >= 11 is 0. The standard InChI is InChI=1S/C23H21N3O/c1-17-11-13-19(14-12-17)24-23(27)16-26-21-10-6-5-9-20(21)25-22(26)15-18-7-3-2-4-8-18/h2-14H,15-16H2,1H3,(H,24,27). The number of benzene rings is 3. The number of hydrogen-bond acceptors (Lipinski definition) is 2. The van der Waals surface area contributed by atoms with Gasteiger partial charge in [0.25, 0.3) is 0 Å². The summed E-state index contributed by atoms with van der Waals surface area (Å²) in [6.07, 6.45) is 0.688. The Kier molecular flexibility index (Phi) is 4.71. The van der Waals surface area contributed by atoms with Gasteiger partial charge in [0.05, 0.1) is 11.0 Å². The molecule has 0 saturated carbocycles. The lowest BCUT2D eigenvalue weighted by molar-refractivity contribution is -0.116. The third-order valence-electron chi connectivity index (χ3n) is 4.58. The van der Waals surface area contributed by atoms with E-state index in [0.29, 0.717) is 6.42 Å². The molecule has 27 heavy (non-hydrogen) atoms. The SMILES string of the molecule is Cc1ccc(NC(=O)Cn2c(Cc3ccccc3)nc3ccccc32)cc1. The van der Waals surface area contributed by atoms with Crippen molar-refractivity contribution in [3.05, 3.63) is 95.8 Å². The second-order valence-corrected chi connectivity index (χ2v) is 6.68. The summed E-state index contributed by atoms with van der Waals surface area (Å²) in [7, 11) is 0. The minimum absolute atomic E-state index is 0.0590. The molecule has 0 aliphatic rings. The van der Waals surface area contributed by atoms with Gasteiger partial charge in [-0.15, -0.1) is 0 Å². The van der Waals surface area contributed by atoms with Crippen molar-refractivity contribution in [2.24, 2.45) is 0 Å². The van der Waals surface area contributed by atoms with E-state index in [-0.39, 0.29) is 12.5 Å².